The minimum Gasteiger partial charge on any atom is -0.468 e. The lowest BCUT2D eigenvalue weighted by molar-refractivity contribution is -0.139. The van der Waals surface area contributed by atoms with Gasteiger partial charge in [0.2, 0.25) is 0 Å². The number of ether oxygens (including phenoxy) is 1. The van der Waals surface area contributed by atoms with Crippen LogP contribution in [-0.4, -0.2) is 30.5 Å². The first-order valence-corrected chi connectivity index (χ1v) is 6.02. The molecule has 0 aromatic heterocycles. The Morgan fingerprint density at radius 3 is 2.57 bits per heavy atom. The average molecular weight is 266 g/mol. The largest absolute Gasteiger partial charge is 0.468 e. The Balaban J connectivity index is 3.72. The molecular weight excluding hydrogens is 246 g/mol. The Bertz CT molecular complexity index is 164. The third-order valence-electron chi connectivity index (χ3n) is 2.17. The molecule has 0 aliphatic heterocycles. The molecule has 0 rings (SSSR count). The second-order valence-electron chi connectivity index (χ2n) is 3.29. The molecule has 14 heavy (non-hydrogen) atoms. The SMILES string of the molecule is CCCC(CC)NCC(Br)C(=O)OC. The maximum absolute atomic E-state index is 11.1. The van der Waals surface area contributed by atoms with Crippen molar-refractivity contribution in [2.24, 2.45) is 0 Å². The van der Waals surface area contributed by atoms with Gasteiger partial charge in [-0.1, -0.05) is 36.2 Å². The third-order valence-corrected chi connectivity index (χ3v) is 2.87. The summed E-state index contributed by atoms with van der Waals surface area (Å²) in [5, 5.41) is 3.34. The highest BCUT2D eigenvalue weighted by molar-refractivity contribution is 9.10. The first-order chi connectivity index (χ1) is 6.65. The second-order valence-corrected chi connectivity index (χ2v) is 4.40. The van der Waals surface area contributed by atoms with Crippen molar-refractivity contribution in [3.05, 3.63) is 0 Å². The van der Waals surface area contributed by atoms with Gasteiger partial charge in [-0.05, 0) is 12.8 Å². The van der Waals surface area contributed by atoms with E-state index in [1.807, 2.05) is 0 Å². The van der Waals surface area contributed by atoms with Crippen molar-refractivity contribution in [1.82, 2.24) is 5.32 Å². The molecule has 0 aromatic rings. The molecule has 0 spiro atoms. The van der Waals surface area contributed by atoms with E-state index in [1.54, 1.807) is 0 Å². The number of methoxy groups -OCH3 is 1. The highest BCUT2D eigenvalue weighted by Gasteiger charge is 2.16. The minimum absolute atomic E-state index is 0.219. The van der Waals surface area contributed by atoms with Gasteiger partial charge in [0.25, 0.3) is 0 Å². The van der Waals surface area contributed by atoms with Crippen molar-refractivity contribution < 1.29 is 9.53 Å². The summed E-state index contributed by atoms with van der Waals surface area (Å²) in [5.74, 6) is -0.219. The molecule has 3 nitrogen and oxygen atoms in total. The predicted octanol–water partition coefficient (Wildman–Crippen LogP) is 2.09. The number of alkyl halides is 1. The van der Waals surface area contributed by atoms with Gasteiger partial charge in [0.05, 0.1) is 7.11 Å². The van der Waals surface area contributed by atoms with Crippen LogP contribution in [0.1, 0.15) is 33.1 Å². The lowest BCUT2D eigenvalue weighted by atomic mass is 10.1. The summed E-state index contributed by atoms with van der Waals surface area (Å²) in [6, 6.07) is 0.504. The van der Waals surface area contributed by atoms with Gasteiger partial charge < -0.3 is 10.1 Å². The topological polar surface area (TPSA) is 38.3 Å². The molecule has 2 unspecified atom stereocenters. The fourth-order valence-electron chi connectivity index (χ4n) is 1.28. The number of carbonyl (C=O) groups is 1. The fraction of sp³-hybridized carbons (Fsp3) is 0.900. The minimum atomic E-state index is -0.238. The fourth-order valence-corrected chi connectivity index (χ4v) is 1.65. The molecule has 0 saturated carbocycles. The quantitative estimate of drug-likeness (QED) is 0.566. The molecule has 2 atom stereocenters. The number of hydrogen-bond donors (Lipinski definition) is 1. The number of esters is 1. The van der Waals surface area contributed by atoms with Crippen molar-refractivity contribution in [3.63, 3.8) is 0 Å². The zero-order valence-corrected chi connectivity index (χ0v) is 10.8. The summed E-state index contributed by atoms with van der Waals surface area (Å²) in [5.41, 5.74) is 0. The number of nitrogens with one attached hydrogen (secondary N) is 1. The van der Waals surface area contributed by atoms with Crippen LogP contribution < -0.4 is 5.32 Å². The summed E-state index contributed by atoms with van der Waals surface area (Å²) < 4.78 is 4.61. The molecule has 0 bridgehead atoms. The van der Waals surface area contributed by atoms with E-state index in [0.29, 0.717) is 12.6 Å². The van der Waals surface area contributed by atoms with Crippen molar-refractivity contribution >= 4 is 21.9 Å². The maximum atomic E-state index is 11.1. The van der Waals surface area contributed by atoms with Gasteiger partial charge in [-0.15, -0.1) is 0 Å². The van der Waals surface area contributed by atoms with Gasteiger partial charge in [0.1, 0.15) is 4.83 Å². The van der Waals surface area contributed by atoms with Crippen LogP contribution in [-0.2, 0) is 9.53 Å². The van der Waals surface area contributed by atoms with Crippen LogP contribution in [0.5, 0.6) is 0 Å². The predicted molar refractivity (Wildman–Crippen MR) is 61.7 cm³/mol. The van der Waals surface area contributed by atoms with Crippen molar-refractivity contribution in [2.75, 3.05) is 13.7 Å². The maximum Gasteiger partial charge on any atom is 0.320 e. The lowest BCUT2D eigenvalue weighted by Gasteiger charge is -2.17. The molecule has 0 fully saturated rings. The lowest BCUT2D eigenvalue weighted by Crippen LogP contribution is -2.36. The summed E-state index contributed by atoms with van der Waals surface area (Å²) in [7, 11) is 1.40. The van der Waals surface area contributed by atoms with Crippen molar-refractivity contribution in [2.45, 2.75) is 44.0 Å². The third kappa shape index (κ3) is 5.60. The summed E-state index contributed by atoms with van der Waals surface area (Å²) in [6.45, 7) is 4.94. The highest BCUT2D eigenvalue weighted by atomic mass is 79.9. The van der Waals surface area contributed by atoms with Crippen LogP contribution in [0.4, 0.5) is 0 Å². The summed E-state index contributed by atoms with van der Waals surface area (Å²) in [6.07, 6.45) is 3.41. The molecule has 0 heterocycles. The van der Waals surface area contributed by atoms with E-state index < -0.39 is 0 Å². The number of rotatable bonds is 7. The van der Waals surface area contributed by atoms with Crippen LogP contribution in [0.25, 0.3) is 0 Å². The van der Waals surface area contributed by atoms with Crippen LogP contribution in [0.15, 0.2) is 0 Å². The van der Waals surface area contributed by atoms with Crippen LogP contribution in [0.3, 0.4) is 0 Å². The highest BCUT2D eigenvalue weighted by Crippen LogP contribution is 2.04. The molecule has 0 aliphatic carbocycles. The van der Waals surface area contributed by atoms with Gasteiger partial charge in [-0.25, -0.2) is 0 Å². The van der Waals surface area contributed by atoms with E-state index in [1.165, 1.54) is 7.11 Å². The van der Waals surface area contributed by atoms with Crippen LogP contribution >= 0.6 is 15.9 Å². The molecule has 4 heteroatoms. The smallest absolute Gasteiger partial charge is 0.320 e. The standard InChI is InChI=1S/C10H20BrNO2/c1-4-6-8(5-2)12-7-9(11)10(13)14-3/h8-9,12H,4-7H2,1-3H3. The first-order valence-electron chi connectivity index (χ1n) is 5.10. The monoisotopic (exact) mass is 265 g/mol. The first kappa shape index (κ1) is 13.9. The molecule has 0 radical (unpaired) electrons. The van der Waals surface area contributed by atoms with E-state index in [4.69, 9.17) is 0 Å². The molecule has 0 saturated heterocycles. The molecule has 84 valence electrons. The van der Waals surface area contributed by atoms with E-state index >= 15 is 0 Å². The summed E-state index contributed by atoms with van der Waals surface area (Å²) in [4.78, 5) is 10.8. The average Bonchev–Trinajstić information content (AvgIpc) is 2.22. The Morgan fingerprint density at radius 2 is 2.14 bits per heavy atom. The Hall–Kier alpha value is -0.0900. The summed E-state index contributed by atoms with van der Waals surface area (Å²) >= 11 is 3.28. The van der Waals surface area contributed by atoms with E-state index in [-0.39, 0.29) is 10.8 Å². The van der Waals surface area contributed by atoms with E-state index in [9.17, 15) is 4.79 Å². The van der Waals surface area contributed by atoms with Gasteiger partial charge in [-0.2, -0.15) is 0 Å². The number of hydrogen-bond acceptors (Lipinski definition) is 3. The van der Waals surface area contributed by atoms with Crippen molar-refractivity contribution in [1.29, 1.82) is 0 Å². The molecular formula is C10H20BrNO2. The zero-order chi connectivity index (χ0) is 11.0. The Morgan fingerprint density at radius 1 is 1.50 bits per heavy atom. The van der Waals surface area contributed by atoms with Crippen molar-refractivity contribution in [3.8, 4) is 0 Å². The van der Waals surface area contributed by atoms with Crippen LogP contribution in [0, 0.1) is 0 Å². The zero-order valence-electron chi connectivity index (χ0n) is 9.18. The Labute approximate surface area is 94.7 Å². The molecule has 0 aliphatic rings. The van der Waals surface area contributed by atoms with Gasteiger partial charge >= 0.3 is 5.97 Å². The molecule has 0 aromatic carbocycles. The Kier molecular flexibility index (Phi) is 8.18. The van der Waals surface area contributed by atoms with E-state index in [0.717, 1.165) is 19.3 Å². The molecule has 1 N–H and O–H groups in total. The van der Waals surface area contributed by atoms with Gasteiger partial charge in [-0.3, -0.25) is 4.79 Å². The van der Waals surface area contributed by atoms with Gasteiger partial charge in [0, 0.05) is 12.6 Å². The normalized spacial score (nSPS) is 14.9. The van der Waals surface area contributed by atoms with Crippen LogP contribution in [0.2, 0.25) is 0 Å². The molecule has 0 amide bonds. The number of halogens is 1. The van der Waals surface area contributed by atoms with E-state index in [2.05, 4.69) is 39.8 Å². The number of carbonyl (C=O) groups excluding carboxylic acids is 1. The second kappa shape index (κ2) is 8.24. The van der Waals surface area contributed by atoms with Gasteiger partial charge in [0.15, 0.2) is 0 Å².